The van der Waals surface area contributed by atoms with Crippen molar-refractivity contribution in [3.63, 3.8) is 0 Å². The van der Waals surface area contributed by atoms with Crippen LogP contribution in [0.25, 0.3) is 11.1 Å². The minimum Gasteiger partial charge on any atom is -0.465 e. The number of alkyl halides is 2. The molecule has 0 radical (unpaired) electrons. The van der Waals surface area contributed by atoms with E-state index in [1.54, 1.807) is 17.0 Å². The molecule has 1 amide bonds. The third-order valence-corrected chi connectivity index (χ3v) is 4.11. The van der Waals surface area contributed by atoms with Crippen LogP contribution < -0.4 is 16.0 Å². The molecule has 3 rings (SSSR count). The highest BCUT2D eigenvalue weighted by molar-refractivity contribution is 5.98. The third-order valence-electron chi connectivity index (χ3n) is 4.11. The van der Waals surface area contributed by atoms with Crippen LogP contribution in [0.15, 0.2) is 40.7 Å². The Kier molecular flexibility index (Phi) is 6.85. The van der Waals surface area contributed by atoms with Gasteiger partial charge >= 0.3 is 6.09 Å². The van der Waals surface area contributed by atoms with Crippen molar-refractivity contribution in [1.29, 1.82) is 0 Å². The molecule has 0 aliphatic carbocycles. The van der Waals surface area contributed by atoms with Gasteiger partial charge in [0.1, 0.15) is 5.82 Å². The normalized spacial score (nSPS) is 13.7. The molecule has 13 heteroatoms. The van der Waals surface area contributed by atoms with Crippen LogP contribution in [-0.4, -0.2) is 59.0 Å². The highest BCUT2D eigenvalue weighted by Crippen LogP contribution is 2.25. The zero-order valence-corrected chi connectivity index (χ0v) is 16.0. The molecule has 10 nitrogen and oxygen atoms in total. The number of anilines is 1. The number of nitrogens with zero attached hydrogens (tertiary/aromatic N) is 5. The summed E-state index contributed by atoms with van der Waals surface area (Å²) in [5.74, 6) is -0.521. The van der Waals surface area contributed by atoms with Crippen molar-refractivity contribution in [2.75, 3.05) is 24.6 Å². The number of amides is 1. The Morgan fingerprint density at radius 2 is 2.03 bits per heavy atom. The molecule has 1 fully saturated rings. The lowest BCUT2D eigenvalue weighted by molar-refractivity contribution is 0.0197. The highest BCUT2D eigenvalue weighted by atomic mass is 19.3. The van der Waals surface area contributed by atoms with Crippen LogP contribution in [0.3, 0.4) is 0 Å². The van der Waals surface area contributed by atoms with E-state index in [0.29, 0.717) is 30.3 Å². The van der Waals surface area contributed by atoms with Gasteiger partial charge in [0, 0.05) is 29.1 Å². The van der Waals surface area contributed by atoms with Gasteiger partial charge in [-0.05, 0) is 0 Å². The molecule has 1 saturated heterocycles. The largest absolute Gasteiger partial charge is 0.465 e. The summed E-state index contributed by atoms with van der Waals surface area (Å²) in [5.41, 5.74) is 6.87. The zero-order valence-electron chi connectivity index (χ0n) is 16.0. The molecule has 1 aromatic carbocycles. The first-order chi connectivity index (χ1) is 14.8. The second kappa shape index (κ2) is 9.73. The molecule has 0 bridgehead atoms. The van der Waals surface area contributed by atoms with Gasteiger partial charge < -0.3 is 20.6 Å². The zero-order chi connectivity index (χ0) is 22.4. The van der Waals surface area contributed by atoms with E-state index in [2.05, 4.69) is 25.0 Å². The van der Waals surface area contributed by atoms with Crippen LogP contribution >= 0.6 is 0 Å². The number of nitrogens with two attached hydrogens (primary N) is 1. The molecule has 31 heavy (non-hydrogen) atoms. The summed E-state index contributed by atoms with van der Waals surface area (Å²) >= 11 is 0. The number of hydrogen-bond donors (Lipinski definition) is 3. The fourth-order valence-electron chi connectivity index (χ4n) is 2.65. The molecule has 1 aliphatic heterocycles. The lowest BCUT2D eigenvalue weighted by atomic mass is 10.0. The monoisotopic (exact) mass is 437 g/mol. The number of carboxylic acid groups (broad SMARTS) is 1. The minimum atomic E-state index is -2.58. The van der Waals surface area contributed by atoms with Crippen molar-refractivity contribution in [3.8, 4) is 11.1 Å². The SMILES string of the molecule is NC(=NCc1cccc(-c2cnc(N3CC(=NOCC(F)F)C3)nc2)c1F)NC(=O)O. The van der Waals surface area contributed by atoms with Crippen LogP contribution in [0.5, 0.6) is 0 Å². The van der Waals surface area contributed by atoms with E-state index in [0.717, 1.165) is 0 Å². The molecule has 164 valence electrons. The van der Waals surface area contributed by atoms with Gasteiger partial charge in [0.05, 0.1) is 25.3 Å². The van der Waals surface area contributed by atoms with Crippen LogP contribution in [0, 0.1) is 5.82 Å². The Morgan fingerprint density at radius 1 is 1.32 bits per heavy atom. The molecule has 1 aliphatic rings. The number of benzene rings is 1. The van der Waals surface area contributed by atoms with Crippen LogP contribution in [0.1, 0.15) is 5.56 Å². The lowest BCUT2D eigenvalue weighted by Gasteiger charge is -2.31. The van der Waals surface area contributed by atoms with Gasteiger partial charge in [-0.25, -0.2) is 32.9 Å². The number of aliphatic imine (C=N–C) groups is 1. The summed E-state index contributed by atoms with van der Waals surface area (Å²) in [4.78, 5) is 29.0. The highest BCUT2D eigenvalue weighted by Gasteiger charge is 2.25. The van der Waals surface area contributed by atoms with Crippen LogP contribution in [0.2, 0.25) is 0 Å². The topological polar surface area (TPSA) is 138 Å². The summed E-state index contributed by atoms with van der Waals surface area (Å²) in [7, 11) is 0. The maximum Gasteiger partial charge on any atom is 0.411 e. The molecule has 2 aromatic rings. The van der Waals surface area contributed by atoms with Gasteiger partial charge in [-0.15, -0.1) is 0 Å². The molecule has 0 unspecified atom stereocenters. The maximum atomic E-state index is 14.8. The first kappa shape index (κ1) is 21.8. The molecule has 4 N–H and O–H groups in total. The smallest absolute Gasteiger partial charge is 0.411 e. The van der Waals surface area contributed by atoms with Crippen molar-refractivity contribution in [2.45, 2.75) is 13.0 Å². The number of guanidine groups is 1. The average molecular weight is 437 g/mol. The lowest BCUT2D eigenvalue weighted by Crippen LogP contribution is -2.48. The van der Waals surface area contributed by atoms with E-state index in [1.165, 1.54) is 18.5 Å². The van der Waals surface area contributed by atoms with E-state index in [9.17, 15) is 18.0 Å². The van der Waals surface area contributed by atoms with E-state index >= 15 is 0 Å². The number of nitrogens with one attached hydrogen (secondary N) is 1. The Morgan fingerprint density at radius 3 is 2.68 bits per heavy atom. The van der Waals surface area contributed by atoms with Crippen molar-refractivity contribution in [1.82, 2.24) is 15.3 Å². The van der Waals surface area contributed by atoms with Crippen molar-refractivity contribution in [3.05, 3.63) is 42.0 Å². The third kappa shape index (κ3) is 5.81. The predicted molar refractivity (Wildman–Crippen MR) is 106 cm³/mol. The van der Waals surface area contributed by atoms with Gasteiger partial charge in [-0.1, -0.05) is 23.4 Å². The number of oxime groups is 1. The summed E-state index contributed by atoms with van der Waals surface area (Å²) in [5, 5.41) is 14.1. The Bertz CT molecular complexity index is 991. The maximum absolute atomic E-state index is 14.8. The van der Waals surface area contributed by atoms with E-state index < -0.39 is 24.9 Å². The first-order valence-electron chi connectivity index (χ1n) is 8.94. The summed E-state index contributed by atoms with van der Waals surface area (Å²) < 4.78 is 38.9. The molecule has 2 heterocycles. The van der Waals surface area contributed by atoms with Crippen molar-refractivity contribution in [2.24, 2.45) is 15.9 Å². The van der Waals surface area contributed by atoms with Gasteiger partial charge in [0.15, 0.2) is 12.6 Å². The fourth-order valence-corrected chi connectivity index (χ4v) is 2.65. The Hall–Kier alpha value is -3.90. The summed E-state index contributed by atoms with van der Waals surface area (Å²) in [6.07, 6.45) is -1.04. The predicted octanol–water partition coefficient (Wildman–Crippen LogP) is 1.82. The van der Waals surface area contributed by atoms with Gasteiger partial charge in [0.25, 0.3) is 6.43 Å². The number of rotatable bonds is 7. The Labute approximate surface area is 174 Å². The van der Waals surface area contributed by atoms with Crippen LogP contribution in [0.4, 0.5) is 23.9 Å². The summed E-state index contributed by atoms with van der Waals surface area (Å²) in [6.45, 7) is -0.228. The minimum absolute atomic E-state index is 0.158. The average Bonchev–Trinajstić information content (AvgIpc) is 2.68. The standard InChI is InChI=1S/C18H18F3N7O3/c19-14(20)9-31-27-12-7-28(8-12)17-24-5-11(6-25-17)13-3-1-2-10(15(13)21)4-23-16(22)26-18(29)30/h1-3,5-6,14H,4,7-9H2,(H,29,30)(H3,22,23,26). The molecule has 1 aromatic heterocycles. The van der Waals surface area contributed by atoms with Gasteiger partial charge in [0.2, 0.25) is 5.95 Å². The van der Waals surface area contributed by atoms with Gasteiger partial charge in [-0.3, -0.25) is 5.32 Å². The van der Waals surface area contributed by atoms with Crippen molar-refractivity contribution < 1.29 is 27.9 Å². The second-order valence-electron chi connectivity index (χ2n) is 6.38. The first-order valence-corrected chi connectivity index (χ1v) is 8.94. The molecule has 0 spiro atoms. The molecule has 0 saturated carbocycles. The van der Waals surface area contributed by atoms with E-state index in [4.69, 9.17) is 10.8 Å². The van der Waals surface area contributed by atoms with Gasteiger partial charge in [-0.2, -0.15) is 0 Å². The summed E-state index contributed by atoms with van der Waals surface area (Å²) in [6, 6.07) is 4.67. The van der Waals surface area contributed by atoms with Crippen LogP contribution in [-0.2, 0) is 11.4 Å². The quantitative estimate of drug-likeness (QED) is 0.341. The number of carbonyl (C=O) groups is 1. The molecular weight excluding hydrogens is 419 g/mol. The molecule has 0 atom stereocenters. The van der Waals surface area contributed by atoms with Crippen molar-refractivity contribution >= 4 is 23.7 Å². The molecular formula is C18H18F3N7O3. The fraction of sp³-hybridized carbons (Fsp3) is 0.278. The number of aromatic nitrogens is 2. The number of hydrogen-bond acceptors (Lipinski definition) is 7. The Balaban J connectivity index is 1.64. The number of halogens is 3. The second-order valence-corrected chi connectivity index (χ2v) is 6.38. The van der Waals surface area contributed by atoms with E-state index in [-0.39, 0.29) is 23.6 Å². The van der Waals surface area contributed by atoms with E-state index in [1.807, 2.05) is 5.32 Å².